The minimum absolute atomic E-state index is 0.289. The molecule has 0 bridgehead atoms. The molecule has 3 unspecified atom stereocenters. The standard InChI is InChI=1S/C15H20BrNO/c1-10-13(16)7-4-8-14(10)17-9-11-5-2-3-6-12(11)15(17)18/h4,7-8,11-12,15,18H,2-3,5-6,9H2,1H3. The Bertz CT molecular complexity index is 448. The minimum atomic E-state index is -0.289. The van der Waals surface area contributed by atoms with E-state index in [1.165, 1.54) is 36.9 Å². The van der Waals surface area contributed by atoms with Crippen molar-refractivity contribution in [3.8, 4) is 0 Å². The molecule has 1 saturated carbocycles. The van der Waals surface area contributed by atoms with Crippen molar-refractivity contribution in [2.45, 2.75) is 38.8 Å². The van der Waals surface area contributed by atoms with Gasteiger partial charge in [0.1, 0.15) is 6.23 Å². The lowest BCUT2D eigenvalue weighted by Crippen LogP contribution is -2.33. The molecular formula is C15H20BrNO. The number of rotatable bonds is 1. The highest BCUT2D eigenvalue weighted by molar-refractivity contribution is 9.10. The van der Waals surface area contributed by atoms with Crippen molar-refractivity contribution in [2.24, 2.45) is 11.8 Å². The van der Waals surface area contributed by atoms with Gasteiger partial charge in [-0.05, 0) is 43.4 Å². The smallest absolute Gasteiger partial charge is 0.130 e. The van der Waals surface area contributed by atoms with Gasteiger partial charge < -0.3 is 10.0 Å². The molecule has 0 radical (unpaired) electrons. The second-order valence-corrected chi connectivity index (χ2v) is 6.51. The first kappa shape index (κ1) is 12.5. The van der Waals surface area contributed by atoms with E-state index in [1.807, 2.05) is 0 Å². The molecule has 18 heavy (non-hydrogen) atoms. The molecule has 1 aliphatic heterocycles. The summed E-state index contributed by atoms with van der Waals surface area (Å²) < 4.78 is 1.13. The van der Waals surface area contributed by atoms with Gasteiger partial charge in [-0.25, -0.2) is 0 Å². The average molecular weight is 310 g/mol. The largest absolute Gasteiger partial charge is 0.373 e. The monoisotopic (exact) mass is 309 g/mol. The molecule has 2 nitrogen and oxygen atoms in total. The van der Waals surface area contributed by atoms with Gasteiger partial charge in [-0.15, -0.1) is 0 Å². The van der Waals surface area contributed by atoms with Gasteiger partial charge in [0.2, 0.25) is 0 Å². The van der Waals surface area contributed by atoms with Crippen LogP contribution in [0.1, 0.15) is 31.2 Å². The fraction of sp³-hybridized carbons (Fsp3) is 0.600. The van der Waals surface area contributed by atoms with Crippen LogP contribution in [0.3, 0.4) is 0 Å². The molecule has 1 aliphatic carbocycles. The van der Waals surface area contributed by atoms with Crippen molar-refractivity contribution in [2.75, 3.05) is 11.4 Å². The quantitative estimate of drug-likeness (QED) is 0.855. The zero-order valence-corrected chi connectivity index (χ0v) is 12.4. The predicted molar refractivity (Wildman–Crippen MR) is 77.7 cm³/mol. The van der Waals surface area contributed by atoms with Crippen molar-refractivity contribution in [1.29, 1.82) is 0 Å². The van der Waals surface area contributed by atoms with Crippen LogP contribution in [0.2, 0.25) is 0 Å². The van der Waals surface area contributed by atoms with E-state index in [0.717, 1.165) is 11.0 Å². The predicted octanol–water partition coefficient (Wildman–Crippen LogP) is 3.70. The summed E-state index contributed by atoms with van der Waals surface area (Å²) in [4.78, 5) is 2.21. The number of anilines is 1. The number of halogens is 1. The van der Waals surface area contributed by atoms with Crippen LogP contribution in [0.5, 0.6) is 0 Å². The fourth-order valence-electron chi connectivity index (χ4n) is 3.60. The first-order chi connectivity index (χ1) is 8.68. The Morgan fingerprint density at radius 2 is 2.06 bits per heavy atom. The number of fused-ring (bicyclic) bond motifs is 1. The summed E-state index contributed by atoms with van der Waals surface area (Å²) in [6.07, 6.45) is 4.80. The van der Waals surface area contributed by atoms with E-state index in [9.17, 15) is 5.11 Å². The summed E-state index contributed by atoms with van der Waals surface area (Å²) in [6.45, 7) is 3.14. The second-order valence-electron chi connectivity index (χ2n) is 5.66. The Balaban J connectivity index is 1.91. The first-order valence-electron chi connectivity index (χ1n) is 6.88. The van der Waals surface area contributed by atoms with Crippen LogP contribution in [0, 0.1) is 18.8 Å². The topological polar surface area (TPSA) is 23.5 Å². The van der Waals surface area contributed by atoms with Crippen molar-refractivity contribution < 1.29 is 5.11 Å². The van der Waals surface area contributed by atoms with Gasteiger partial charge in [0, 0.05) is 22.6 Å². The first-order valence-corrected chi connectivity index (χ1v) is 7.67. The molecule has 3 atom stereocenters. The van der Waals surface area contributed by atoms with E-state index in [2.05, 4.69) is 46.0 Å². The van der Waals surface area contributed by atoms with Crippen LogP contribution < -0.4 is 4.90 Å². The lowest BCUT2D eigenvalue weighted by molar-refractivity contribution is 0.0975. The number of hydrogen-bond donors (Lipinski definition) is 1. The summed E-state index contributed by atoms with van der Waals surface area (Å²) >= 11 is 3.58. The molecule has 1 aromatic carbocycles. The molecule has 2 fully saturated rings. The third-order valence-electron chi connectivity index (χ3n) is 4.65. The van der Waals surface area contributed by atoms with Crippen LogP contribution >= 0.6 is 15.9 Å². The normalized spacial score (nSPS) is 31.5. The molecule has 3 rings (SSSR count). The van der Waals surface area contributed by atoms with Crippen LogP contribution in [0.25, 0.3) is 0 Å². The second kappa shape index (κ2) is 4.86. The Morgan fingerprint density at radius 3 is 2.83 bits per heavy atom. The third-order valence-corrected chi connectivity index (χ3v) is 5.51. The number of aliphatic hydroxyl groups excluding tert-OH is 1. The molecular weight excluding hydrogens is 290 g/mol. The Kier molecular flexibility index (Phi) is 3.37. The van der Waals surface area contributed by atoms with Gasteiger partial charge in [-0.1, -0.05) is 34.8 Å². The summed E-state index contributed by atoms with van der Waals surface area (Å²) in [7, 11) is 0. The van der Waals surface area contributed by atoms with E-state index >= 15 is 0 Å². The molecule has 1 aromatic rings. The van der Waals surface area contributed by atoms with Gasteiger partial charge in [-0.3, -0.25) is 0 Å². The molecule has 0 amide bonds. The molecule has 1 saturated heterocycles. The Labute approximate surface area is 117 Å². The van der Waals surface area contributed by atoms with Crippen LogP contribution in [0.4, 0.5) is 5.69 Å². The molecule has 1 heterocycles. The number of benzene rings is 1. The summed E-state index contributed by atoms with van der Waals surface area (Å²) in [5, 5.41) is 10.6. The summed E-state index contributed by atoms with van der Waals surface area (Å²) in [6, 6.07) is 6.25. The third kappa shape index (κ3) is 1.97. The average Bonchev–Trinajstić information content (AvgIpc) is 2.71. The Morgan fingerprint density at radius 1 is 1.28 bits per heavy atom. The fourth-order valence-corrected chi connectivity index (χ4v) is 3.95. The number of aliphatic hydroxyl groups is 1. The van der Waals surface area contributed by atoms with E-state index in [-0.39, 0.29) is 6.23 Å². The highest BCUT2D eigenvalue weighted by atomic mass is 79.9. The summed E-state index contributed by atoms with van der Waals surface area (Å²) in [5.41, 5.74) is 2.42. The molecule has 2 aliphatic rings. The van der Waals surface area contributed by atoms with Gasteiger partial charge in [0.25, 0.3) is 0 Å². The summed E-state index contributed by atoms with van der Waals surface area (Å²) in [5.74, 6) is 1.17. The van der Waals surface area contributed by atoms with Crippen LogP contribution in [-0.4, -0.2) is 17.9 Å². The van der Waals surface area contributed by atoms with Crippen LogP contribution in [0.15, 0.2) is 22.7 Å². The number of hydrogen-bond acceptors (Lipinski definition) is 2. The maximum Gasteiger partial charge on any atom is 0.130 e. The molecule has 3 heteroatoms. The van der Waals surface area contributed by atoms with Crippen molar-refractivity contribution in [3.63, 3.8) is 0 Å². The lowest BCUT2D eigenvalue weighted by Gasteiger charge is -2.28. The molecule has 98 valence electrons. The van der Waals surface area contributed by atoms with Crippen molar-refractivity contribution >= 4 is 21.6 Å². The maximum atomic E-state index is 10.6. The van der Waals surface area contributed by atoms with Crippen molar-refractivity contribution in [1.82, 2.24) is 0 Å². The SMILES string of the molecule is Cc1c(Br)cccc1N1CC2CCCCC2C1O. The van der Waals surface area contributed by atoms with E-state index < -0.39 is 0 Å². The van der Waals surface area contributed by atoms with Gasteiger partial charge >= 0.3 is 0 Å². The molecule has 0 aromatic heterocycles. The Hall–Kier alpha value is -0.540. The van der Waals surface area contributed by atoms with E-state index in [1.54, 1.807) is 0 Å². The molecule has 1 N–H and O–H groups in total. The maximum absolute atomic E-state index is 10.6. The van der Waals surface area contributed by atoms with Crippen LogP contribution in [-0.2, 0) is 0 Å². The van der Waals surface area contributed by atoms with Gasteiger partial charge in [0.05, 0.1) is 0 Å². The zero-order chi connectivity index (χ0) is 12.7. The minimum Gasteiger partial charge on any atom is -0.373 e. The lowest BCUT2D eigenvalue weighted by atomic mass is 9.81. The van der Waals surface area contributed by atoms with E-state index in [0.29, 0.717) is 11.8 Å². The highest BCUT2D eigenvalue weighted by Crippen LogP contribution is 2.42. The van der Waals surface area contributed by atoms with Gasteiger partial charge in [0.15, 0.2) is 0 Å². The van der Waals surface area contributed by atoms with Crippen molar-refractivity contribution in [3.05, 3.63) is 28.2 Å². The highest BCUT2D eigenvalue weighted by Gasteiger charge is 2.42. The van der Waals surface area contributed by atoms with E-state index in [4.69, 9.17) is 0 Å². The van der Waals surface area contributed by atoms with Gasteiger partial charge in [-0.2, -0.15) is 0 Å². The molecule has 0 spiro atoms. The number of nitrogens with zero attached hydrogens (tertiary/aromatic N) is 1. The zero-order valence-electron chi connectivity index (χ0n) is 10.8.